The first-order valence-electron chi connectivity index (χ1n) is 14.5. The number of halogens is 8. The Labute approximate surface area is 261 Å². The van der Waals surface area contributed by atoms with Crippen LogP contribution >= 0.6 is 11.6 Å². The van der Waals surface area contributed by atoms with Gasteiger partial charge in [0, 0.05) is 28.5 Å². The number of hydrogen-bond acceptors (Lipinski definition) is 4. The van der Waals surface area contributed by atoms with Crippen molar-refractivity contribution < 1.29 is 48.7 Å². The Morgan fingerprint density at radius 1 is 0.911 bits per heavy atom. The fraction of sp³-hybridized carbons (Fsp3) is 0.548. The molecule has 0 spiro atoms. The fourth-order valence-corrected chi connectivity index (χ4v) is 10.2. The number of benzene rings is 2. The second-order valence-electron chi connectivity index (χ2n) is 12.6. The van der Waals surface area contributed by atoms with Crippen LogP contribution in [0.15, 0.2) is 47.4 Å². The molecule has 2 aromatic carbocycles. The average molecular weight is 682 g/mol. The molecule has 0 radical (unpaired) electrons. The minimum absolute atomic E-state index is 0.0221. The molecule has 0 bridgehead atoms. The number of aryl methyl sites for hydroxylation is 1. The molecular weight excluding hydrogens is 651 g/mol. The van der Waals surface area contributed by atoms with Gasteiger partial charge in [0.05, 0.1) is 10.9 Å². The van der Waals surface area contributed by atoms with E-state index in [1.54, 1.807) is 6.92 Å². The summed E-state index contributed by atoms with van der Waals surface area (Å²) < 4.78 is 124. The van der Waals surface area contributed by atoms with E-state index >= 15 is 4.39 Å². The predicted molar refractivity (Wildman–Crippen MR) is 151 cm³/mol. The van der Waals surface area contributed by atoms with Gasteiger partial charge < -0.3 is 4.90 Å². The molecule has 14 heteroatoms. The molecule has 2 atom stereocenters. The van der Waals surface area contributed by atoms with Gasteiger partial charge in [0.2, 0.25) is 5.91 Å². The largest absolute Gasteiger partial charge is 0.435 e. The van der Waals surface area contributed by atoms with E-state index in [4.69, 9.17) is 11.6 Å². The number of carbonyl (C=O) groups excluding carboxylic acids is 2. The van der Waals surface area contributed by atoms with Crippen LogP contribution in [0.3, 0.4) is 0 Å². The van der Waals surface area contributed by atoms with Gasteiger partial charge in [-0.15, -0.1) is 0 Å². The first kappa shape index (κ1) is 33.7. The number of sulfone groups is 1. The van der Waals surface area contributed by atoms with Gasteiger partial charge >= 0.3 is 18.0 Å². The van der Waals surface area contributed by atoms with Crippen molar-refractivity contribution in [3.63, 3.8) is 0 Å². The number of Topliss-reactive ketones (excluding diaryl/α,β-unsaturated/α-hetero) is 1. The summed E-state index contributed by atoms with van der Waals surface area (Å²) in [5.74, 6) is -0.484. The molecule has 2 aromatic rings. The van der Waals surface area contributed by atoms with Crippen LogP contribution in [0.1, 0.15) is 69.1 Å². The van der Waals surface area contributed by atoms with Crippen molar-refractivity contribution >= 4 is 33.1 Å². The van der Waals surface area contributed by atoms with Gasteiger partial charge in [-0.2, -0.15) is 26.3 Å². The van der Waals surface area contributed by atoms with E-state index in [9.17, 15) is 44.3 Å². The zero-order valence-corrected chi connectivity index (χ0v) is 25.9. The number of hydrogen-bond donors (Lipinski definition) is 0. The quantitative estimate of drug-likeness (QED) is 0.305. The van der Waals surface area contributed by atoms with Gasteiger partial charge in [-0.05, 0) is 81.2 Å². The van der Waals surface area contributed by atoms with Crippen molar-refractivity contribution in [2.75, 3.05) is 6.54 Å². The van der Waals surface area contributed by atoms with Gasteiger partial charge in [-0.25, -0.2) is 12.8 Å². The monoisotopic (exact) mass is 681 g/mol. The number of likely N-dealkylation sites (tertiary alicyclic amines) is 1. The summed E-state index contributed by atoms with van der Waals surface area (Å²) in [5.41, 5.74) is -8.53. The molecule has 246 valence electrons. The SMILES string of the molecule is CC(=O)C1CCC(C)(C(=O)N2CCC3(S(=O)(=O)c4cccc(Cl)c4)c4ccc(C(F)(C(F)(F)F)C(F)(F)F)cc4CCC23)CC1. The topological polar surface area (TPSA) is 71.5 Å². The summed E-state index contributed by atoms with van der Waals surface area (Å²) in [6.45, 7) is 3.20. The number of amides is 1. The number of ketones is 1. The molecule has 5 rings (SSSR count). The molecule has 2 fully saturated rings. The molecule has 0 aromatic heterocycles. The summed E-state index contributed by atoms with van der Waals surface area (Å²) in [6.07, 6.45) is -11.4. The number of fused-ring (bicyclic) bond motifs is 3. The lowest BCUT2D eigenvalue weighted by Gasteiger charge is -2.45. The number of alkyl halides is 7. The smallest absolute Gasteiger partial charge is 0.337 e. The fourth-order valence-electron chi connectivity index (χ4n) is 7.54. The molecule has 1 heterocycles. The zero-order valence-electron chi connectivity index (χ0n) is 24.4. The lowest BCUT2D eigenvalue weighted by Crippen LogP contribution is -2.55. The average Bonchev–Trinajstić information content (AvgIpc) is 3.36. The van der Waals surface area contributed by atoms with Crippen molar-refractivity contribution in [1.29, 1.82) is 0 Å². The molecule has 3 aliphatic rings. The summed E-state index contributed by atoms with van der Waals surface area (Å²) >= 11 is 6.11. The minimum Gasteiger partial charge on any atom is -0.337 e. The lowest BCUT2D eigenvalue weighted by atomic mass is 9.69. The molecule has 2 unspecified atom stereocenters. The highest BCUT2D eigenvalue weighted by Crippen LogP contribution is 2.57. The molecule has 1 saturated carbocycles. The standard InChI is InChI=1S/C31H31ClF7NO4S/c1-18(41)19-10-12-27(2,13-11-19)26(42)40-15-14-28(45(43,44)23-5-3-4-22(32)17-23)24-8-7-21(16-20(24)6-9-25(28)40)29(33,30(34,35)36)31(37,38)39/h3-5,7-8,16-17,19,25H,6,9-15H2,1-2H3. The van der Waals surface area contributed by atoms with Crippen LogP contribution < -0.4 is 0 Å². The second-order valence-corrected chi connectivity index (χ2v) is 15.3. The van der Waals surface area contributed by atoms with Crippen LogP contribution in [0.4, 0.5) is 30.7 Å². The maximum Gasteiger partial charge on any atom is 0.435 e. The summed E-state index contributed by atoms with van der Waals surface area (Å²) in [6, 6.07) is 5.92. The van der Waals surface area contributed by atoms with Crippen LogP contribution in [0, 0.1) is 11.3 Å². The van der Waals surface area contributed by atoms with Crippen molar-refractivity contribution in [2.45, 2.75) is 92.5 Å². The van der Waals surface area contributed by atoms with E-state index < -0.39 is 49.6 Å². The molecule has 0 N–H and O–H groups in total. The van der Waals surface area contributed by atoms with E-state index in [-0.39, 0.29) is 64.5 Å². The lowest BCUT2D eigenvalue weighted by molar-refractivity contribution is -0.348. The van der Waals surface area contributed by atoms with Gasteiger partial charge in [0.15, 0.2) is 9.84 Å². The van der Waals surface area contributed by atoms with E-state index in [2.05, 4.69) is 0 Å². The first-order chi connectivity index (χ1) is 20.7. The Morgan fingerprint density at radius 3 is 2.09 bits per heavy atom. The van der Waals surface area contributed by atoms with E-state index in [1.165, 1.54) is 36.1 Å². The highest BCUT2D eigenvalue weighted by atomic mass is 35.5. The zero-order chi connectivity index (χ0) is 33.4. The number of nitrogens with zero attached hydrogens (tertiary/aromatic N) is 1. The van der Waals surface area contributed by atoms with Crippen molar-refractivity contribution in [3.05, 3.63) is 64.2 Å². The molecule has 1 aliphatic heterocycles. The summed E-state index contributed by atoms with van der Waals surface area (Å²) in [4.78, 5) is 27.3. The molecule has 45 heavy (non-hydrogen) atoms. The highest BCUT2D eigenvalue weighted by molar-refractivity contribution is 7.92. The van der Waals surface area contributed by atoms with Gasteiger partial charge in [0.1, 0.15) is 10.5 Å². The Kier molecular flexibility index (Phi) is 8.20. The Bertz CT molecular complexity index is 1620. The molecule has 5 nitrogen and oxygen atoms in total. The first-order valence-corrected chi connectivity index (χ1v) is 16.3. The van der Waals surface area contributed by atoms with Crippen LogP contribution in [-0.2, 0) is 36.3 Å². The van der Waals surface area contributed by atoms with Crippen molar-refractivity contribution in [1.82, 2.24) is 4.90 Å². The van der Waals surface area contributed by atoms with Gasteiger partial charge in [-0.3, -0.25) is 9.59 Å². The number of rotatable bonds is 5. The Balaban J connectivity index is 1.65. The third-order valence-corrected chi connectivity index (χ3v) is 12.9. The highest BCUT2D eigenvalue weighted by Gasteiger charge is 2.74. The minimum atomic E-state index is -6.34. The van der Waals surface area contributed by atoms with Gasteiger partial charge in [-0.1, -0.05) is 42.8 Å². The molecule has 1 amide bonds. The van der Waals surface area contributed by atoms with E-state index in [1.807, 2.05) is 0 Å². The molecular formula is C31H31ClF7NO4S. The second kappa shape index (κ2) is 11.0. The van der Waals surface area contributed by atoms with Crippen molar-refractivity contribution in [3.8, 4) is 0 Å². The normalized spacial score (nSPS) is 27.6. The molecule has 2 aliphatic carbocycles. The van der Waals surface area contributed by atoms with Crippen LogP contribution in [-0.4, -0.2) is 49.9 Å². The van der Waals surface area contributed by atoms with Crippen LogP contribution in [0.25, 0.3) is 0 Å². The molecule has 1 saturated heterocycles. The summed E-state index contributed by atoms with van der Waals surface area (Å²) in [5, 5.41) is 0.0774. The number of carbonyl (C=O) groups is 2. The van der Waals surface area contributed by atoms with E-state index in [0.29, 0.717) is 37.8 Å². The maximum atomic E-state index is 15.1. The van der Waals surface area contributed by atoms with Crippen LogP contribution in [0.2, 0.25) is 5.02 Å². The van der Waals surface area contributed by atoms with Crippen LogP contribution in [0.5, 0.6) is 0 Å². The third kappa shape index (κ3) is 5.07. The summed E-state index contributed by atoms with van der Waals surface area (Å²) in [7, 11) is -4.50. The van der Waals surface area contributed by atoms with Crippen molar-refractivity contribution in [2.24, 2.45) is 11.3 Å². The van der Waals surface area contributed by atoms with E-state index in [0.717, 1.165) is 6.07 Å². The van der Waals surface area contributed by atoms with Gasteiger partial charge in [0.25, 0.3) is 0 Å². The predicted octanol–water partition coefficient (Wildman–Crippen LogP) is 7.63. The maximum absolute atomic E-state index is 15.1. The Morgan fingerprint density at radius 2 is 1.53 bits per heavy atom. The third-order valence-electron chi connectivity index (χ3n) is 10.1. The Hall–Kier alpha value is -2.67.